The van der Waals surface area contributed by atoms with Crippen LogP contribution in [0.1, 0.15) is 19.4 Å². The molecule has 0 fully saturated rings. The molecule has 0 saturated heterocycles. The van der Waals surface area contributed by atoms with E-state index >= 15 is 0 Å². The van der Waals surface area contributed by atoms with Gasteiger partial charge in [0, 0.05) is 33.3 Å². The van der Waals surface area contributed by atoms with Crippen molar-refractivity contribution in [2.24, 2.45) is 0 Å². The van der Waals surface area contributed by atoms with Crippen LogP contribution in [0.3, 0.4) is 0 Å². The largest absolute Gasteiger partial charge is 0.492 e. The monoisotopic (exact) mass is 292 g/mol. The summed E-state index contributed by atoms with van der Waals surface area (Å²) in [6, 6.07) is 7.98. The third-order valence-corrected chi connectivity index (χ3v) is 2.53. The number of nitrogens with zero attached hydrogens (tertiary/aromatic N) is 1. The molecule has 1 aromatic carbocycles. The number of amides is 1. The third kappa shape index (κ3) is 9.68. The molecule has 0 aromatic heterocycles. The molecule has 0 heterocycles. The molecule has 0 aliphatic heterocycles. The number of benzene rings is 1. The summed E-state index contributed by atoms with van der Waals surface area (Å²) in [4.78, 5) is 12.8. The van der Waals surface area contributed by atoms with Crippen molar-refractivity contribution in [1.29, 1.82) is 0 Å². The van der Waals surface area contributed by atoms with Gasteiger partial charge in [0.1, 0.15) is 12.4 Å². The van der Waals surface area contributed by atoms with Crippen LogP contribution in [-0.2, 0) is 4.79 Å². The number of likely N-dealkylation sites (N-methyl/N-ethyl adjacent to an activating group) is 1. The minimum atomic E-state index is -0.00212. The summed E-state index contributed by atoms with van der Waals surface area (Å²) in [7, 11) is 3.46. The van der Waals surface area contributed by atoms with E-state index in [1.165, 1.54) is 10.5 Å². The fourth-order valence-corrected chi connectivity index (χ4v) is 1.37. The lowest BCUT2D eigenvalue weighted by atomic mass is 10.2. The van der Waals surface area contributed by atoms with Crippen LogP contribution in [0.15, 0.2) is 36.4 Å². The van der Waals surface area contributed by atoms with Gasteiger partial charge in [-0.2, -0.15) is 0 Å². The second-order valence-electron chi connectivity index (χ2n) is 4.50. The predicted molar refractivity (Wildman–Crippen MR) is 88.7 cm³/mol. The molecule has 0 aliphatic rings. The average molecular weight is 292 g/mol. The number of hydrogen-bond acceptors (Lipinski definition) is 3. The van der Waals surface area contributed by atoms with E-state index in [9.17, 15) is 4.79 Å². The third-order valence-electron chi connectivity index (χ3n) is 2.53. The zero-order valence-electron chi connectivity index (χ0n) is 13.8. The van der Waals surface area contributed by atoms with Crippen molar-refractivity contribution in [2.45, 2.75) is 20.8 Å². The summed E-state index contributed by atoms with van der Waals surface area (Å²) in [6.07, 6.45) is 3.38. The summed E-state index contributed by atoms with van der Waals surface area (Å²) in [6.45, 7) is 8.07. The van der Waals surface area contributed by atoms with Gasteiger partial charge in [0.2, 0.25) is 5.91 Å². The number of ether oxygens (including phenoxy) is 1. The Morgan fingerprint density at radius 2 is 1.86 bits per heavy atom. The van der Waals surface area contributed by atoms with Gasteiger partial charge < -0.3 is 15.0 Å². The first-order valence-electron chi connectivity index (χ1n) is 7.37. The van der Waals surface area contributed by atoms with Gasteiger partial charge in [-0.1, -0.05) is 37.6 Å². The Kier molecular flexibility index (Phi) is 10.9. The molecule has 0 bridgehead atoms. The van der Waals surface area contributed by atoms with Gasteiger partial charge >= 0.3 is 0 Å². The lowest BCUT2D eigenvalue weighted by Gasteiger charge is -2.07. The van der Waals surface area contributed by atoms with Gasteiger partial charge in [-0.25, -0.2) is 0 Å². The van der Waals surface area contributed by atoms with Gasteiger partial charge in [0.25, 0.3) is 0 Å². The normalized spacial score (nSPS) is 9.95. The highest BCUT2D eigenvalue weighted by Gasteiger charge is 1.95. The standard InChI is InChI=1S/C15H22N2O2.C2H6/c1-13-6-8-14(9-7-13)19-12-11-16-10-4-5-15(18)17(2)3;1-2/h4-9,16H,10-12H2,1-3H3;1-2H3/b5-4+;. The maximum atomic E-state index is 11.2. The van der Waals surface area contributed by atoms with E-state index in [0.717, 1.165) is 12.3 Å². The molecule has 0 atom stereocenters. The Balaban J connectivity index is 0.00000191. The fraction of sp³-hybridized carbons (Fsp3) is 0.471. The predicted octanol–water partition coefficient (Wildman–Crippen LogP) is 2.63. The molecule has 21 heavy (non-hydrogen) atoms. The SMILES string of the molecule is CC.Cc1ccc(OCCNC/C=C/C(=O)N(C)C)cc1. The number of nitrogens with one attached hydrogen (secondary N) is 1. The van der Waals surface area contributed by atoms with Crippen molar-refractivity contribution in [3.63, 3.8) is 0 Å². The highest BCUT2D eigenvalue weighted by atomic mass is 16.5. The summed E-state index contributed by atoms with van der Waals surface area (Å²) in [5.41, 5.74) is 1.22. The molecule has 0 unspecified atom stereocenters. The van der Waals surface area contributed by atoms with E-state index in [1.807, 2.05) is 51.1 Å². The van der Waals surface area contributed by atoms with E-state index < -0.39 is 0 Å². The first-order valence-corrected chi connectivity index (χ1v) is 7.37. The molecule has 1 amide bonds. The Morgan fingerprint density at radius 3 is 2.43 bits per heavy atom. The van der Waals surface area contributed by atoms with Crippen molar-refractivity contribution in [1.82, 2.24) is 10.2 Å². The van der Waals surface area contributed by atoms with Gasteiger partial charge in [-0.3, -0.25) is 4.79 Å². The molecule has 4 heteroatoms. The van der Waals surface area contributed by atoms with Crippen LogP contribution in [0.4, 0.5) is 0 Å². The zero-order chi connectivity index (χ0) is 16.1. The lowest BCUT2D eigenvalue weighted by Crippen LogP contribution is -2.22. The second kappa shape index (κ2) is 12.0. The van der Waals surface area contributed by atoms with Crippen LogP contribution >= 0.6 is 0 Å². The maximum absolute atomic E-state index is 11.2. The Morgan fingerprint density at radius 1 is 1.24 bits per heavy atom. The van der Waals surface area contributed by atoms with E-state index in [1.54, 1.807) is 20.2 Å². The quantitative estimate of drug-likeness (QED) is 0.620. The van der Waals surface area contributed by atoms with Crippen molar-refractivity contribution in [3.05, 3.63) is 42.0 Å². The average Bonchev–Trinajstić information content (AvgIpc) is 2.49. The smallest absolute Gasteiger partial charge is 0.245 e. The zero-order valence-corrected chi connectivity index (χ0v) is 13.8. The maximum Gasteiger partial charge on any atom is 0.245 e. The molecule has 118 valence electrons. The van der Waals surface area contributed by atoms with Crippen molar-refractivity contribution in [2.75, 3.05) is 33.8 Å². The van der Waals surface area contributed by atoms with Crippen LogP contribution in [0.5, 0.6) is 5.75 Å². The first kappa shape index (κ1) is 19.2. The van der Waals surface area contributed by atoms with Crippen molar-refractivity contribution in [3.8, 4) is 5.75 Å². The van der Waals surface area contributed by atoms with Crippen LogP contribution < -0.4 is 10.1 Å². The molecule has 0 saturated carbocycles. The van der Waals surface area contributed by atoms with Gasteiger partial charge in [0.15, 0.2) is 0 Å². The topological polar surface area (TPSA) is 41.6 Å². The Hall–Kier alpha value is -1.81. The van der Waals surface area contributed by atoms with Gasteiger partial charge in [-0.05, 0) is 19.1 Å². The number of rotatable bonds is 7. The molecular formula is C17H28N2O2. The molecule has 1 rings (SSSR count). The molecule has 1 aromatic rings. The van der Waals surface area contributed by atoms with Crippen LogP contribution in [0.25, 0.3) is 0 Å². The van der Waals surface area contributed by atoms with E-state index in [4.69, 9.17) is 4.74 Å². The number of carbonyl (C=O) groups excluding carboxylic acids is 1. The number of carbonyl (C=O) groups is 1. The highest BCUT2D eigenvalue weighted by Crippen LogP contribution is 2.10. The Labute approximate surface area is 128 Å². The Bertz CT molecular complexity index is 411. The summed E-state index contributed by atoms with van der Waals surface area (Å²) < 4.78 is 5.57. The van der Waals surface area contributed by atoms with Crippen LogP contribution in [-0.4, -0.2) is 44.6 Å². The summed E-state index contributed by atoms with van der Waals surface area (Å²) >= 11 is 0. The van der Waals surface area contributed by atoms with E-state index in [2.05, 4.69) is 5.32 Å². The minimum Gasteiger partial charge on any atom is -0.492 e. The fourth-order valence-electron chi connectivity index (χ4n) is 1.37. The van der Waals surface area contributed by atoms with E-state index in [-0.39, 0.29) is 5.91 Å². The molecule has 1 N–H and O–H groups in total. The molecule has 0 radical (unpaired) electrons. The van der Waals surface area contributed by atoms with Crippen molar-refractivity contribution < 1.29 is 9.53 Å². The minimum absolute atomic E-state index is 0.00212. The molecule has 0 spiro atoms. The summed E-state index contributed by atoms with van der Waals surface area (Å²) in [5.74, 6) is 0.878. The van der Waals surface area contributed by atoms with Crippen LogP contribution in [0, 0.1) is 6.92 Å². The lowest BCUT2D eigenvalue weighted by molar-refractivity contribution is -0.123. The summed E-state index contributed by atoms with van der Waals surface area (Å²) in [5, 5.41) is 3.18. The molecule has 4 nitrogen and oxygen atoms in total. The highest BCUT2D eigenvalue weighted by molar-refractivity contribution is 5.87. The van der Waals surface area contributed by atoms with E-state index in [0.29, 0.717) is 13.2 Å². The number of hydrogen-bond donors (Lipinski definition) is 1. The molecule has 0 aliphatic carbocycles. The molecular weight excluding hydrogens is 264 g/mol. The van der Waals surface area contributed by atoms with Gasteiger partial charge in [-0.15, -0.1) is 0 Å². The number of aryl methyl sites for hydroxylation is 1. The van der Waals surface area contributed by atoms with Crippen molar-refractivity contribution >= 4 is 5.91 Å². The van der Waals surface area contributed by atoms with Gasteiger partial charge in [0.05, 0.1) is 0 Å². The first-order chi connectivity index (χ1) is 10.1. The van der Waals surface area contributed by atoms with Crippen LogP contribution in [0.2, 0.25) is 0 Å². The second-order valence-corrected chi connectivity index (χ2v) is 4.50.